The molecular weight excluding hydrogens is 470 g/mol. The average Bonchev–Trinajstić information content (AvgIpc) is 3.56. The van der Waals surface area contributed by atoms with Gasteiger partial charge < -0.3 is 24.5 Å². The van der Waals surface area contributed by atoms with Crippen LogP contribution in [0.4, 0.5) is 17.5 Å². The number of aromatic nitrogens is 7. The standard InChI is InChI=1S/C23H22ClN9O2/c1-25-18-11-33-15(7-26-18)16(9-28-33)35-17-8-27-21-20(19(17)24)32(3)23(30-21)29-14-6-13(12-4-5-12)10-31(2)22(14)34/h6-12,25H,4-5H2,1-3H3,(H,27,29,30). The summed E-state index contributed by atoms with van der Waals surface area (Å²) in [5, 5.41) is 10.8. The highest BCUT2D eigenvalue weighted by molar-refractivity contribution is 6.36. The van der Waals surface area contributed by atoms with Crippen LogP contribution >= 0.6 is 11.6 Å². The molecule has 0 amide bonds. The highest BCUT2D eigenvalue weighted by Gasteiger charge is 2.25. The third-order valence-corrected chi connectivity index (χ3v) is 6.52. The molecule has 0 atom stereocenters. The third kappa shape index (κ3) is 3.64. The molecule has 35 heavy (non-hydrogen) atoms. The maximum absolute atomic E-state index is 12.7. The molecule has 1 aliphatic rings. The van der Waals surface area contributed by atoms with Crippen LogP contribution in [0.2, 0.25) is 5.02 Å². The number of anilines is 3. The lowest BCUT2D eigenvalue weighted by Gasteiger charge is -2.10. The zero-order chi connectivity index (χ0) is 24.3. The van der Waals surface area contributed by atoms with E-state index in [4.69, 9.17) is 16.3 Å². The minimum Gasteiger partial charge on any atom is -0.450 e. The Morgan fingerprint density at radius 2 is 1.94 bits per heavy atom. The van der Waals surface area contributed by atoms with Gasteiger partial charge in [-0.05, 0) is 30.4 Å². The second kappa shape index (κ2) is 7.98. The molecule has 2 N–H and O–H groups in total. The van der Waals surface area contributed by atoms with Crippen molar-refractivity contribution in [2.75, 3.05) is 17.7 Å². The number of hydrogen-bond acceptors (Lipinski definition) is 8. The van der Waals surface area contributed by atoms with Gasteiger partial charge >= 0.3 is 0 Å². The summed E-state index contributed by atoms with van der Waals surface area (Å²) < 4.78 is 11.1. The Labute approximate surface area is 204 Å². The van der Waals surface area contributed by atoms with E-state index in [-0.39, 0.29) is 5.56 Å². The summed E-state index contributed by atoms with van der Waals surface area (Å²) in [5.74, 6) is 2.49. The molecule has 0 bridgehead atoms. The monoisotopic (exact) mass is 491 g/mol. The number of fused-ring (bicyclic) bond motifs is 2. The van der Waals surface area contributed by atoms with E-state index in [1.165, 1.54) is 6.20 Å². The van der Waals surface area contributed by atoms with Crippen LogP contribution in [0, 0.1) is 0 Å². The van der Waals surface area contributed by atoms with Crippen LogP contribution in [-0.2, 0) is 14.1 Å². The minimum absolute atomic E-state index is 0.132. The number of aryl methyl sites for hydroxylation is 2. The van der Waals surface area contributed by atoms with Crippen LogP contribution in [0.1, 0.15) is 24.3 Å². The second-order valence-electron chi connectivity index (χ2n) is 8.57. The van der Waals surface area contributed by atoms with Gasteiger partial charge in [-0.15, -0.1) is 0 Å². The first-order valence-corrected chi connectivity index (χ1v) is 11.5. The highest BCUT2D eigenvalue weighted by atomic mass is 35.5. The largest absolute Gasteiger partial charge is 0.450 e. The molecule has 6 rings (SSSR count). The fourth-order valence-corrected chi connectivity index (χ4v) is 4.37. The van der Waals surface area contributed by atoms with E-state index in [1.54, 1.807) is 46.3 Å². The first-order chi connectivity index (χ1) is 16.9. The van der Waals surface area contributed by atoms with Crippen LogP contribution in [0.15, 0.2) is 41.8 Å². The van der Waals surface area contributed by atoms with Gasteiger partial charge in [0.2, 0.25) is 5.95 Å². The molecule has 1 fully saturated rings. The lowest BCUT2D eigenvalue weighted by molar-refractivity contribution is 0.486. The zero-order valence-corrected chi connectivity index (χ0v) is 20.0. The first kappa shape index (κ1) is 21.4. The van der Waals surface area contributed by atoms with Crippen LogP contribution in [0.5, 0.6) is 11.5 Å². The van der Waals surface area contributed by atoms with Gasteiger partial charge in [-0.3, -0.25) is 4.79 Å². The van der Waals surface area contributed by atoms with Crippen LogP contribution < -0.4 is 20.9 Å². The van der Waals surface area contributed by atoms with Crippen molar-refractivity contribution < 1.29 is 4.74 Å². The number of nitrogens with zero attached hydrogens (tertiary/aromatic N) is 7. The molecule has 1 saturated carbocycles. The van der Waals surface area contributed by atoms with Crippen LogP contribution in [0.3, 0.4) is 0 Å². The summed E-state index contributed by atoms with van der Waals surface area (Å²) in [6.07, 6.45) is 10.7. The summed E-state index contributed by atoms with van der Waals surface area (Å²) in [4.78, 5) is 26.0. The predicted molar refractivity (Wildman–Crippen MR) is 133 cm³/mol. The molecule has 12 heteroatoms. The lowest BCUT2D eigenvalue weighted by atomic mass is 10.2. The topological polar surface area (TPSA) is 116 Å². The summed E-state index contributed by atoms with van der Waals surface area (Å²) in [7, 11) is 5.35. The van der Waals surface area contributed by atoms with E-state index < -0.39 is 0 Å². The maximum atomic E-state index is 12.7. The molecule has 11 nitrogen and oxygen atoms in total. The number of pyridine rings is 2. The quantitative estimate of drug-likeness (QED) is 0.368. The van der Waals surface area contributed by atoms with Gasteiger partial charge in [0.05, 0.1) is 24.8 Å². The summed E-state index contributed by atoms with van der Waals surface area (Å²) in [6, 6.07) is 1.90. The lowest BCUT2D eigenvalue weighted by Crippen LogP contribution is -2.20. The Bertz CT molecular complexity index is 1670. The Balaban J connectivity index is 1.36. The molecule has 5 heterocycles. The van der Waals surface area contributed by atoms with Crippen LogP contribution in [0.25, 0.3) is 16.7 Å². The fraction of sp³-hybridized carbons (Fsp3) is 0.261. The summed E-state index contributed by atoms with van der Waals surface area (Å²) in [6.45, 7) is 0. The SMILES string of the molecule is CNc1cn2ncc(Oc3cnc4nc(Nc5cc(C6CC6)cn(C)c5=O)n(C)c4c3Cl)c2cn1. The number of imidazole rings is 1. The molecule has 0 aliphatic heterocycles. The van der Waals surface area contributed by atoms with E-state index >= 15 is 0 Å². The smallest absolute Gasteiger partial charge is 0.274 e. The van der Waals surface area contributed by atoms with Crippen molar-refractivity contribution in [3.8, 4) is 11.5 Å². The second-order valence-corrected chi connectivity index (χ2v) is 8.95. The Morgan fingerprint density at radius 3 is 2.71 bits per heavy atom. The number of ether oxygens (including phenoxy) is 1. The molecule has 0 unspecified atom stereocenters. The molecule has 0 radical (unpaired) electrons. The van der Waals surface area contributed by atoms with E-state index in [9.17, 15) is 4.79 Å². The van der Waals surface area contributed by atoms with E-state index in [2.05, 4.69) is 30.7 Å². The number of hydrogen-bond donors (Lipinski definition) is 2. The zero-order valence-electron chi connectivity index (χ0n) is 19.3. The molecule has 0 saturated heterocycles. The Kier molecular flexibility index (Phi) is 4.88. The number of nitrogens with one attached hydrogen (secondary N) is 2. The van der Waals surface area contributed by atoms with Crippen molar-refractivity contribution in [2.45, 2.75) is 18.8 Å². The Morgan fingerprint density at radius 1 is 1.11 bits per heavy atom. The van der Waals surface area contributed by atoms with Gasteiger partial charge in [0.1, 0.15) is 27.6 Å². The van der Waals surface area contributed by atoms with Gasteiger partial charge in [0.25, 0.3) is 5.56 Å². The predicted octanol–water partition coefficient (Wildman–Crippen LogP) is 3.82. The van der Waals surface area contributed by atoms with Gasteiger partial charge in [-0.1, -0.05) is 11.6 Å². The van der Waals surface area contributed by atoms with Crippen molar-refractivity contribution in [3.05, 3.63) is 58.0 Å². The van der Waals surface area contributed by atoms with E-state index in [1.807, 2.05) is 19.3 Å². The van der Waals surface area contributed by atoms with Gasteiger partial charge in [0, 0.05) is 27.3 Å². The van der Waals surface area contributed by atoms with Crippen molar-refractivity contribution in [2.24, 2.45) is 14.1 Å². The minimum atomic E-state index is -0.132. The van der Waals surface area contributed by atoms with Crippen molar-refractivity contribution >= 4 is 45.7 Å². The summed E-state index contributed by atoms with van der Waals surface area (Å²) in [5.41, 5.74) is 3.16. The average molecular weight is 492 g/mol. The van der Waals surface area contributed by atoms with Gasteiger partial charge in [-0.25, -0.2) is 14.5 Å². The van der Waals surface area contributed by atoms with E-state index in [0.29, 0.717) is 56.6 Å². The molecule has 178 valence electrons. The van der Waals surface area contributed by atoms with Crippen molar-refractivity contribution in [1.82, 2.24) is 33.7 Å². The molecule has 5 aromatic heterocycles. The number of halogens is 1. The molecular formula is C23H22ClN9O2. The van der Waals surface area contributed by atoms with Crippen LogP contribution in [-0.4, -0.2) is 40.7 Å². The summed E-state index contributed by atoms with van der Waals surface area (Å²) >= 11 is 6.74. The molecule has 5 aromatic rings. The van der Waals surface area contributed by atoms with Crippen molar-refractivity contribution in [3.63, 3.8) is 0 Å². The molecule has 0 spiro atoms. The normalized spacial score (nSPS) is 13.5. The highest BCUT2D eigenvalue weighted by Crippen LogP contribution is 2.40. The molecule has 1 aliphatic carbocycles. The van der Waals surface area contributed by atoms with Gasteiger partial charge in [-0.2, -0.15) is 10.1 Å². The van der Waals surface area contributed by atoms with E-state index in [0.717, 1.165) is 18.4 Å². The first-order valence-electron chi connectivity index (χ1n) is 11.1. The van der Waals surface area contributed by atoms with Crippen molar-refractivity contribution in [1.29, 1.82) is 0 Å². The van der Waals surface area contributed by atoms with Gasteiger partial charge in [0.15, 0.2) is 17.1 Å². The molecule has 0 aromatic carbocycles. The third-order valence-electron chi connectivity index (χ3n) is 6.15. The number of rotatable bonds is 6. The Hall–Kier alpha value is -4.12. The fourth-order valence-electron chi connectivity index (χ4n) is 4.07. The maximum Gasteiger partial charge on any atom is 0.274 e.